The van der Waals surface area contributed by atoms with Crippen LogP contribution in [0.3, 0.4) is 0 Å². The van der Waals surface area contributed by atoms with E-state index in [9.17, 15) is 0 Å². The molecule has 4 heterocycles. The predicted octanol–water partition coefficient (Wildman–Crippen LogP) is 2.91. The van der Waals surface area contributed by atoms with Crippen LogP contribution >= 0.6 is 24.0 Å². The first-order valence-electron chi connectivity index (χ1n) is 6.88. The van der Waals surface area contributed by atoms with E-state index >= 15 is 0 Å². The fraction of sp³-hybridized carbons (Fsp3) is 0.643. The number of halogens is 2. The second-order valence-electron chi connectivity index (χ2n) is 6.12. The number of nitrogens with zero attached hydrogens (tertiary/aromatic N) is 2. The Kier molecular flexibility index (Phi) is 3.63. The average molecular weight is 300 g/mol. The molecular formula is C14H19Cl2N3. The number of nitrogens with one attached hydrogen (secondary N) is 1. The first kappa shape index (κ1) is 13.5. The van der Waals surface area contributed by atoms with Crippen molar-refractivity contribution < 1.29 is 0 Å². The van der Waals surface area contributed by atoms with Crippen LogP contribution in [0.2, 0.25) is 5.15 Å². The summed E-state index contributed by atoms with van der Waals surface area (Å²) in [4.78, 5) is 6.81. The van der Waals surface area contributed by atoms with Crippen LogP contribution in [0, 0.1) is 17.8 Å². The van der Waals surface area contributed by atoms with Crippen molar-refractivity contribution in [3.05, 3.63) is 23.5 Å². The smallest absolute Gasteiger partial charge is 0.129 e. The highest BCUT2D eigenvalue weighted by Crippen LogP contribution is 2.44. The van der Waals surface area contributed by atoms with Crippen molar-refractivity contribution in [2.24, 2.45) is 17.8 Å². The maximum atomic E-state index is 5.83. The van der Waals surface area contributed by atoms with E-state index in [0.717, 1.165) is 23.4 Å². The summed E-state index contributed by atoms with van der Waals surface area (Å²) in [6.45, 7) is 3.92. The molecule has 1 saturated carbocycles. The Morgan fingerprint density at radius 1 is 1.16 bits per heavy atom. The zero-order valence-electron chi connectivity index (χ0n) is 10.8. The van der Waals surface area contributed by atoms with Gasteiger partial charge < -0.3 is 10.2 Å². The SMILES string of the molecule is Cl.Clc1ccc(NC2[C@H]3CC4C[C@H]2CN(C4)C3)cn1. The van der Waals surface area contributed by atoms with Gasteiger partial charge in [-0.05, 0) is 42.7 Å². The molecule has 3 saturated heterocycles. The standard InChI is InChI=1S/C14H18ClN3.ClH/c15-13-2-1-12(5-16-13)17-14-10-3-9-4-11(14)8-18(6-9)7-10;/h1-2,5,9-11,14,17H,3-4,6-8H2;1H/t9?,10-,11-,14?;/m0./s1. The third-order valence-corrected chi connectivity index (χ3v) is 5.07. The van der Waals surface area contributed by atoms with Crippen LogP contribution in [0.25, 0.3) is 0 Å². The lowest BCUT2D eigenvalue weighted by Crippen LogP contribution is -2.62. The monoisotopic (exact) mass is 299 g/mol. The molecule has 104 valence electrons. The Morgan fingerprint density at radius 2 is 1.89 bits per heavy atom. The molecule has 1 aromatic rings. The van der Waals surface area contributed by atoms with Crippen molar-refractivity contribution in [3.8, 4) is 0 Å². The molecule has 4 fully saturated rings. The van der Waals surface area contributed by atoms with Crippen molar-refractivity contribution in [2.45, 2.75) is 18.9 Å². The van der Waals surface area contributed by atoms with E-state index in [-0.39, 0.29) is 12.4 Å². The number of rotatable bonds is 2. The molecule has 4 bridgehead atoms. The maximum absolute atomic E-state index is 5.83. The molecule has 1 N–H and O–H groups in total. The summed E-state index contributed by atoms with van der Waals surface area (Å²) < 4.78 is 0. The molecule has 0 amide bonds. The third kappa shape index (κ3) is 2.44. The van der Waals surface area contributed by atoms with Crippen molar-refractivity contribution in [1.29, 1.82) is 0 Å². The highest BCUT2D eigenvalue weighted by Gasteiger charge is 2.47. The summed E-state index contributed by atoms with van der Waals surface area (Å²) in [7, 11) is 0. The minimum atomic E-state index is 0. The zero-order chi connectivity index (χ0) is 12.1. The normalized spacial score (nSPS) is 38.9. The van der Waals surface area contributed by atoms with Crippen LogP contribution in [-0.4, -0.2) is 35.6 Å². The van der Waals surface area contributed by atoms with Crippen molar-refractivity contribution in [2.75, 3.05) is 25.0 Å². The molecule has 4 aliphatic rings. The Morgan fingerprint density at radius 3 is 2.47 bits per heavy atom. The molecule has 2 atom stereocenters. The van der Waals surface area contributed by atoms with Crippen LogP contribution in [0.15, 0.2) is 18.3 Å². The molecular weight excluding hydrogens is 281 g/mol. The molecule has 3 nitrogen and oxygen atoms in total. The Hall–Kier alpha value is -0.510. The Balaban J connectivity index is 0.00000110. The summed E-state index contributed by atoms with van der Waals surface area (Å²) in [5, 5.41) is 4.27. The minimum absolute atomic E-state index is 0. The highest BCUT2D eigenvalue weighted by molar-refractivity contribution is 6.29. The topological polar surface area (TPSA) is 28.2 Å². The van der Waals surface area contributed by atoms with E-state index < -0.39 is 0 Å². The molecule has 1 aromatic heterocycles. The lowest BCUT2D eigenvalue weighted by Gasteiger charge is -2.56. The van der Waals surface area contributed by atoms with E-state index in [1.165, 1.54) is 32.5 Å². The largest absolute Gasteiger partial charge is 0.380 e. The maximum Gasteiger partial charge on any atom is 0.129 e. The number of aromatic nitrogens is 1. The zero-order valence-corrected chi connectivity index (χ0v) is 12.3. The molecule has 19 heavy (non-hydrogen) atoms. The molecule has 0 unspecified atom stereocenters. The molecule has 0 aromatic carbocycles. The van der Waals surface area contributed by atoms with Gasteiger partial charge in [-0.1, -0.05) is 11.6 Å². The van der Waals surface area contributed by atoms with Gasteiger partial charge in [0.15, 0.2) is 0 Å². The lowest BCUT2D eigenvalue weighted by atomic mass is 9.65. The van der Waals surface area contributed by atoms with E-state index in [0.29, 0.717) is 11.2 Å². The number of piperidine rings is 3. The second-order valence-corrected chi connectivity index (χ2v) is 6.50. The van der Waals surface area contributed by atoms with Crippen LogP contribution in [0.4, 0.5) is 5.69 Å². The van der Waals surface area contributed by atoms with Gasteiger partial charge in [0, 0.05) is 25.7 Å². The number of hydrogen-bond donors (Lipinski definition) is 1. The van der Waals surface area contributed by atoms with Gasteiger partial charge in [0.1, 0.15) is 5.15 Å². The summed E-state index contributed by atoms with van der Waals surface area (Å²) in [6, 6.07) is 4.55. The van der Waals surface area contributed by atoms with E-state index in [1.54, 1.807) is 0 Å². The first-order chi connectivity index (χ1) is 8.78. The van der Waals surface area contributed by atoms with Crippen molar-refractivity contribution in [1.82, 2.24) is 9.88 Å². The predicted molar refractivity (Wildman–Crippen MR) is 80.0 cm³/mol. The second kappa shape index (κ2) is 5.12. The van der Waals surface area contributed by atoms with Gasteiger partial charge in [0.2, 0.25) is 0 Å². The van der Waals surface area contributed by atoms with Gasteiger partial charge in [0.25, 0.3) is 0 Å². The van der Waals surface area contributed by atoms with E-state index in [4.69, 9.17) is 11.6 Å². The quantitative estimate of drug-likeness (QED) is 0.851. The van der Waals surface area contributed by atoms with Gasteiger partial charge in [-0.15, -0.1) is 12.4 Å². The Bertz CT molecular complexity index is 421. The molecule has 5 heteroatoms. The van der Waals surface area contributed by atoms with Gasteiger partial charge in [0.05, 0.1) is 11.9 Å². The molecule has 0 radical (unpaired) electrons. The Labute approximate surface area is 125 Å². The lowest BCUT2D eigenvalue weighted by molar-refractivity contribution is -0.0269. The summed E-state index contributed by atoms with van der Waals surface area (Å²) >= 11 is 5.83. The highest BCUT2D eigenvalue weighted by atomic mass is 35.5. The van der Waals surface area contributed by atoms with Gasteiger partial charge in [-0.25, -0.2) is 4.98 Å². The van der Waals surface area contributed by atoms with Crippen LogP contribution in [0.5, 0.6) is 0 Å². The van der Waals surface area contributed by atoms with Crippen molar-refractivity contribution in [3.63, 3.8) is 0 Å². The fourth-order valence-corrected chi connectivity index (χ4v) is 4.41. The van der Waals surface area contributed by atoms with Crippen LogP contribution in [0.1, 0.15) is 12.8 Å². The van der Waals surface area contributed by atoms with Gasteiger partial charge in [-0.3, -0.25) is 0 Å². The van der Waals surface area contributed by atoms with Crippen LogP contribution in [-0.2, 0) is 0 Å². The summed E-state index contributed by atoms with van der Waals surface area (Å²) in [5.74, 6) is 2.61. The molecule has 1 aliphatic carbocycles. The fourth-order valence-electron chi connectivity index (χ4n) is 4.30. The minimum Gasteiger partial charge on any atom is -0.380 e. The first-order valence-corrected chi connectivity index (χ1v) is 7.26. The molecule has 0 spiro atoms. The van der Waals surface area contributed by atoms with Gasteiger partial charge >= 0.3 is 0 Å². The van der Waals surface area contributed by atoms with Crippen LogP contribution < -0.4 is 5.32 Å². The summed E-state index contributed by atoms with van der Waals surface area (Å²) in [6.07, 6.45) is 4.67. The van der Waals surface area contributed by atoms with Crippen molar-refractivity contribution >= 4 is 29.7 Å². The number of anilines is 1. The third-order valence-electron chi connectivity index (χ3n) is 4.85. The summed E-state index contributed by atoms with van der Waals surface area (Å²) in [5.41, 5.74) is 1.12. The van der Waals surface area contributed by atoms with E-state index in [2.05, 4.69) is 15.2 Å². The van der Waals surface area contributed by atoms with E-state index in [1.807, 2.05) is 18.3 Å². The van der Waals surface area contributed by atoms with Gasteiger partial charge in [-0.2, -0.15) is 0 Å². The molecule has 3 aliphatic heterocycles. The number of pyridine rings is 1. The molecule has 5 rings (SSSR count). The average Bonchev–Trinajstić information content (AvgIpc) is 2.35. The number of hydrogen-bond acceptors (Lipinski definition) is 3.